The van der Waals surface area contributed by atoms with Crippen molar-refractivity contribution in [3.8, 4) is 0 Å². The van der Waals surface area contributed by atoms with Gasteiger partial charge in [-0.25, -0.2) is 9.97 Å². The smallest absolute Gasteiger partial charge is 0.133 e. The molecule has 1 atom stereocenters. The predicted octanol–water partition coefficient (Wildman–Crippen LogP) is 1.98. The Kier molecular flexibility index (Phi) is 3.40. The molecule has 104 valence electrons. The van der Waals surface area contributed by atoms with Gasteiger partial charge in [-0.15, -0.1) is 0 Å². The highest BCUT2D eigenvalue weighted by Gasteiger charge is 2.26. The van der Waals surface area contributed by atoms with Crippen LogP contribution in [-0.4, -0.2) is 22.6 Å². The van der Waals surface area contributed by atoms with Gasteiger partial charge in [0.15, 0.2) is 0 Å². The van der Waals surface area contributed by atoms with E-state index in [2.05, 4.69) is 39.1 Å². The molecular formula is C16H20N4. The first kappa shape index (κ1) is 13.1. The van der Waals surface area contributed by atoms with E-state index in [1.807, 2.05) is 19.9 Å². The summed E-state index contributed by atoms with van der Waals surface area (Å²) in [6.07, 6.45) is 0.981. The monoisotopic (exact) mass is 268 g/mol. The molecule has 0 bridgehead atoms. The molecule has 2 N–H and O–H groups in total. The van der Waals surface area contributed by atoms with Crippen molar-refractivity contribution in [3.05, 3.63) is 53.0 Å². The molecule has 1 unspecified atom stereocenters. The summed E-state index contributed by atoms with van der Waals surface area (Å²) in [5, 5.41) is 0. The van der Waals surface area contributed by atoms with Crippen LogP contribution in [0.4, 0.5) is 5.82 Å². The van der Waals surface area contributed by atoms with Gasteiger partial charge in [-0.2, -0.15) is 0 Å². The van der Waals surface area contributed by atoms with Crippen LogP contribution in [0.3, 0.4) is 0 Å². The molecule has 3 rings (SSSR count). The van der Waals surface area contributed by atoms with Gasteiger partial charge in [0.2, 0.25) is 0 Å². The topological polar surface area (TPSA) is 55.0 Å². The maximum atomic E-state index is 5.98. The lowest BCUT2D eigenvalue weighted by atomic mass is 9.94. The highest BCUT2D eigenvalue weighted by molar-refractivity contribution is 5.46. The van der Waals surface area contributed by atoms with E-state index < -0.39 is 0 Å². The van der Waals surface area contributed by atoms with Gasteiger partial charge in [0.1, 0.15) is 11.6 Å². The van der Waals surface area contributed by atoms with E-state index in [1.54, 1.807) is 0 Å². The van der Waals surface area contributed by atoms with Crippen LogP contribution in [-0.2, 0) is 13.0 Å². The maximum absolute atomic E-state index is 5.98. The molecule has 1 aliphatic rings. The number of fused-ring (bicyclic) bond motifs is 1. The third-order valence-corrected chi connectivity index (χ3v) is 3.87. The summed E-state index contributed by atoms with van der Waals surface area (Å²) >= 11 is 0. The second kappa shape index (κ2) is 5.21. The van der Waals surface area contributed by atoms with Gasteiger partial charge in [0.25, 0.3) is 0 Å². The van der Waals surface area contributed by atoms with Gasteiger partial charge in [-0.3, -0.25) is 0 Å². The third kappa shape index (κ3) is 2.39. The van der Waals surface area contributed by atoms with Crippen molar-refractivity contribution < 1.29 is 0 Å². The van der Waals surface area contributed by atoms with E-state index in [-0.39, 0.29) is 0 Å². The number of rotatable bonds is 2. The first-order chi connectivity index (χ1) is 9.67. The Hall–Kier alpha value is -1.94. The minimum absolute atomic E-state index is 0.304. The highest BCUT2D eigenvalue weighted by Crippen LogP contribution is 2.27. The van der Waals surface area contributed by atoms with Gasteiger partial charge in [-0.05, 0) is 31.4 Å². The second-order valence-corrected chi connectivity index (χ2v) is 5.40. The fourth-order valence-corrected chi connectivity index (χ4v) is 2.91. The molecule has 0 spiro atoms. The lowest BCUT2D eigenvalue weighted by Crippen LogP contribution is -2.45. The third-order valence-electron chi connectivity index (χ3n) is 3.87. The number of aryl methyl sites for hydroxylation is 2. The Morgan fingerprint density at radius 2 is 1.95 bits per heavy atom. The van der Waals surface area contributed by atoms with Crippen molar-refractivity contribution in [1.82, 2.24) is 9.97 Å². The van der Waals surface area contributed by atoms with Gasteiger partial charge in [0, 0.05) is 30.9 Å². The molecule has 1 aromatic carbocycles. The van der Waals surface area contributed by atoms with Crippen molar-refractivity contribution >= 4 is 5.82 Å². The van der Waals surface area contributed by atoms with E-state index in [9.17, 15) is 0 Å². The summed E-state index contributed by atoms with van der Waals surface area (Å²) in [6.45, 7) is 5.45. The molecule has 20 heavy (non-hydrogen) atoms. The average Bonchev–Trinajstić information content (AvgIpc) is 2.44. The second-order valence-electron chi connectivity index (χ2n) is 5.40. The first-order valence-electron chi connectivity index (χ1n) is 7.03. The van der Waals surface area contributed by atoms with Crippen LogP contribution in [0, 0.1) is 13.8 Å². The van der Waals surface area contributed by atoms with Gasteiger partial charge in [-0.1, -0.05) is 24.3 Å². The van der Waals surface area contributed by atoms with Crippen molar-refractivity contribution in [2.45, 2.75) is 32.9 Å². The van der Waals surface area contributed by atoms with Crippen LogP contribution < -0.4 is 10.6 Å². The zero-order valence-electron chi connectivity index (χ0n) is 12.0. The van der Waals surface area contributed by atoms with E-state index in [0.29, 0.717) is 12.6 Å². The summed E-state index contributed by atoms with van der Waals surface area (Å²) in [4.78, 5) is 11.3. The predicted molar refractivity (Wildman–Crippen MR) is 80.7 cm³/mol. The standard InChI is InChI=1S/C16H20N4/c1-11-7-16(19-12(2)18-11)20-10-14-6-4-3-5-13(14)8-15(20)9-17/h3-7,15H,8-10,17H2,1-2H3. The number of hydrogen-bond donors (Lipinski definition) is 1. The Balaban J connectivity index is 2.00. The number of benzene rings is 1. The number of anilines is 1. The van der Waals surface area contributed by atoms with Gasteiger partial charge >= 0.3 is 0 Å². The summed E-state index contributed by atoms with van der Waals surface area (Å²) in [5.74, 6) is 1.80. The molecule has 1 aliphatic heterocycles. The molecule has 0 amide bonds. The largest absolute Gasteiger partial charge is 0.348 e. The minimum Gasteiger partial charge on any atom is -0.348 e. The maximum Gasteiger partial charge on any atom is 0.133 e. The van der Waals surface area contributed by atoms with Crippen LogP contribution in [0.25, 0.3) is 0 Å². The van der Waals surface area contributed by atoms with Crippen molar-refractivity contribution in [2.24, 2.45) is 5.73 Å². The number of nitrogens with two attached hydrogens (primary N) is 1. The number of aromatic nitrogens is 2. The Morgan fingerprint density at radius 1 is 1.20 bits per heavy atom. The van der Waals surface area contributed by atoms with Crippen LogP contribution in [0.2, 0.25) is 0 Å². The Morgan fingerprint density at radius 3 is 2.65 bits per heavy atom. The van der Waals surface area contributed by atoms with Crippen molar-refractivity contribution in [2.75, 3.05) is 11.4 Å². The normalized spacial score (nSPS) is 17.9. The van der Waals surface area contributed by atoms with E-state index in [0.717, 1.165) is 30.3 Å². The molecule has 2 heterocycles. The van der Waals surface area contributed by atoms with Crippen LogP contribution in [0.5, 0.6) is 0 Å². The number of hydrogen-bond acceptors (Lipinski definition) is 4. The minimum atomic E-state index is 0.304. The highest BCUT2D eigenvalue weighted by atomic mass is 15.2. The first-order valence-corrected chi connectivity index (χ1v) is 7.03. The van der Waals surface area contributed by atoms with Crippen LogP contribution >= 0.6 is 0 Å². The van der Waals surface area contributed by atoms with Crippen molar-refractivity contribution in [3.63, 3.8) is 0 Å². The van der Waals surface area contributed by atoms with E-state index >= 15 is 0 Å². The Bertz CT molecular complexity index is 603. The zero-order valence-corrected chi connectivity index (χ0v) is 12.0. The number of nitrogens with zero attached hydrogens (tertiary/aromatic N) is 3. The average molecular weight is 268 g/mol. The molecule has 0 aliphatic carbocycles. The van der Waals surface area contributed by atoms with E-state index in [4.69, 9.17) is 5.73 Å². The molecule has 0 radical (unpaired) electrons. The van der Waals surface area contributed by atoms with Gasteiger partial charge < -0.3 is 10.6 Å². The molecule has 0 saturated carbocycles. The molecule has 2 aromatic rings. The Labute approximate surface area is 119 Å². The molecule has 4 nitrogen and oxygen atoms in total. The quantitative estimate of drug-likeness (QED) is 0.905. The molecule has 0 saturated heterocycles. The summed E-state index contributed by atoms with van der Waals surface area (Å²) in [7, 11) is 0. The summed E-state index contributed by atoms with van der Waals surface area (Å²) in [6, 6.07) is 10.9. The molecule has 1 aromatic heterocycles. The fraction of sp³-hybridized carbons (Fsp3) is 0.375. The molecule has 4 heteroatoms. The summed E-state index contributed by atoms with van der Waals surface area (Å²) < 4.78 is 0. The van der Waals surface area contributed by atoms with Crippen molar-refractivity contribution in [1.29, 1.82) is 0 Å². The van der Waals surface area contributed by atoms with Crippen LogP contribution in [0.15, 0.2) is 30.3 Å². The van der Waals surface area contributed by atoms with Gasteiger partial charge in [0.05, 0.1) is 0 Å². The molecule has 0 fully saturated rings. The van der Waals surface area contributed by atoms with E-state index in [1.165, 1.54) is 11.1 Å². The summed E-state index contributed by atoms with van der Waals surface area (Å²) in [5.41, 5.74) is 9.75. The lowest BCUT2D eigenvalue weighted by molar-refractivity contribution is 0.554. The zero-order chi connectivity index (χ0) is 14.1. The SMILES string of the molecule is Cc1cc(N2Cc3ccccc3CC2CN)nc(C)n1. The fourth-order valence-electron chi connectivity index (χ4n) is 2.91. The van der Waals surface area contributed by atoms with Crippen LogP contribution in [0.1, 0.15) is 22.6 Å². The lowest BCUT2D eigenvalue weighted by Gasteiger charge is -2.37. The molecular weight excluding hydrogens is 248 g/mol.